The summed E-state index contributed by atoms with van der Waals surface area (Å²) in [6.07, 6.45) is 5.47. The molecule has 1 saturated heterocycles. The van der Waals surface area contributed by atoms with Gasteiger partial charge in [0.15, 0.2) is 0 Å². The topological polar surface area (TPSA) is 28.2 Å². The quantitative estimate of drug-likeness (QED) is 0.843. The number of nitrogens with zero attached hydrogens (tertiary/aromatic N) is 2. The Labute approximate surface area is 139 Å². The zero-order chi connectivity index (χ0) is 16.1. The lowest BCUT2D eigenvalue weighted by Crippen LogP contribution is -2.25. The van der Waals surface area contributed by atoms with Gasteiger partial charge in [-0.25, -0.2) is 4.98 Å². The van der Waals surface area contributed by atoms with Gasteiger partial charge in [0.25, 0.3) is 0 Å². The van der Waals surface area contributed by atoms with E-state index >= 15 is 0 Å². The Morgan fingerprint density at radius 2 is 2.04 bits per heavy atom. The molecule has 1 aliphatic heterocycles. The molecule has 3 nitrogen and oxygen atoms in total. The van der Waals surface area contributed by atoms with E-state index in [1.807, 2.05) is 6.20 Å². The highest BCUT2D eigenvalue weighted by molar-refractivity contribution is 5.46. The summed E-state index contributed by atoms with van der Waals surface area (Å²) >= 11 is 0. The first-order chi connectivity index (χ1) is 11.3. The van der Waals surface area contributed by atoms with Gasteiger partial charge in [-0.2, -0.15) is 0 Å². The van der Waals surface area contributed by atoms with E-state index in [-0.39, 0.29) is 0 Å². The lowest BCUT2D eigenvalue weighted by molar-refractivity contribution is 0.248. The van der Waals surface area contributed by atoms with Crippen LogP contribution in [-0.2, 0) is 6.54 Å². The molecule has 122 valence electrons. The van der Waals surface area contributed by atoms with E-state index in [4.69, 9.17) is 0 Å². The van der Waals surface area contributed by atoms with E-state index in [0.717, 1.165) is 25.3 Å². The molecule has 2 aromatic rings. The predicted molar refractivity (Wildman–Crippen MR) is 96.4 cm³/mol. The molecule has 0 unspecified atom stereocenters. The van der Waals surface area contributed by atoms with Crippen LogP contribution < -0.4 is 5.32 Å². The Bertz CT molecular complexity index is 611. The van der Waals surface area contributed by atoms with E-state index in [9.17, 15) is 0 Å². The van der Waals surface area contributed by atoms with Crippen LogP contribution in [0.5, 0.6) is 0 Å². The van der Waals surface area contributed by atoms with E-state index in [2.05, 4.69) is 71.5 Å². The highest BCUT2D eigenvalue weighted by Crippen LogP contribution is 2.36. The molecular formula is C20H27N3. The molecule has 1 aromatic heterocycles. The monoisotopic (exact) mass is 309 g/mol. The van der Waals surface area contributed by atoms with Crippen LogP contribution >= 0.6 is 0 Å². The Hall–Kier alpha value is -1.87. The van der Waals surface area contributed by atoms with Crippen molar-refractivity contribution < 1.29 is 0 Å². The first-order valence-corrected chi connectivity index (χ1v) is 8.77. The van der Waals surface area contributed by atoms with Gasteiger partial charge in [0.2, 0.25) is 0 Å². The Kier molecular flexibility index (Phi) is 5.29. The molecule has 0 aliphatic carbocycles. The molecule has 1 fully saturated rings. The van der Waals surface area contributed by atoms with Gasteiger partial charge in [-0.1, -0.05) is 43.3 Å². The third-order valence-electron chi connectivity index (χ3n) is 4.79. The molecule has 2 heterocycles. The van der Waals surface area contributed by atoms with Crippen molar-refractivity contribution in [1.82, 2.24) is 9.88 Å². The van der Waals surface area contributed by atoms with Crippen LogP contribution in [0.1, 0.15) is 50.3 Å². The molecule has 0 bridgehead atoms. The Morgan fingerprint density at radius 1 is 1.22 bits per heavy atom. The largest absolute Gasteiger partial charge is 0.367 e. The van der Waals surface area contributed by atoms with Crippen LogP contribution in [0, 0.1) is 0 Å². The molecule has 0 spiro atoms. The summed E-state index contributed by atoms with van der Waals surface area (Å²) in [5, 5.41) is 3.58. The fourth-order valence-corrected chi connectivity index (χ4v) is 3.33. The SMILES string of the molecule is CC[C@@H](C)Nc1ncccc1[C@@H]1CCCN1Cc1ccccc1. The molecule has 3 rings (SSSR count). The van der Waals surface area contributed by atoms with E-state index in [1.165, 1.54) is 24.0 Å². The van der Waals surface area contributed by atoms with Crippen molar-refractivity contribution in [3.8, 4) is 0 Å². The number of nitrogens with one attached hydrogen (secondary N) is 1. The Morgan fingerprint density at radius 3 is 2.83 bits per heavy atom. The smallest absolute Gasteiger partial charge is 0.130 e. The number of hydrogen-bond donors (Lipinski definition) is 1. The summed E-state index contributed by atoms with van der Waals surface area (Å²) in [7, 11) is 0. The number of anilines is 1. The van der Waals surface area contributed by atoms with Gasteiger partial charge >= 0.3 is 0 Å². The zero-order valence-corrected chi connectivity index (χ0v) is 14.2. The van der Waals surface area contributed by atoms with Gasteiger partial charge in [-0.3, -0.25) is 4.90 Å². The third kappa shape index (κ3) is 3.91. The molecule has 3 heteroatoms. The highest BCUT2D eigenvalue weighted by atomic mass is 15.2. The van der Waals surface area contributed by atoms with Crippen LogP contribution in [0.25, 0.3) is 0 Å². The molecule has 23 heavy (non-hydrogen) atoms. The number of likely N-dealkylation sites (tertiary alicyclic amines) is 1. The van der Waals surface area contributed by atoms with E-state index in [0.29, 0.717) is 12.1 Å². The second-order valence-electron chi connectivity index (χ2n) is 6.51. The van der Waals surface area contributed by atoms with Crippen molar-refractivity contribution in [2.45, 2.75) is 51.7 Å². The van der Waals surface area contributed by atoms with Crippen LogP contribution in [0.2, 0.25) is 0 Å². The number of aromatic nitrogens is 1. The summed E-state index contributed by atoms with van der Waals surface area (Å²) in [5.74, 6) is 1.06. The average Bonchev–Trinajstić information content (AvgIpc) is 3.04. The lowest BCUT2D eigenvalue weighted by atomic mass is 10.0. The van der Waals surface area contributed by atoms with Crippen LogP contribution in [-0.4, -0.2) is 22.5 Å². The predicted octanol–water partition coefficient (Wildman–Crippen LogP) is 4.63. The molecular weight excluding hydrogens is 282 g/mol. The summed E-state index contributed by atoms with van der Waals surface area (Å²) in [6.45, 7) is 6.60. The molecule has 0 saturated carbocycles. The maximum absolute atomic E-state index is 4.61. The van der Waals surface area contributed by atoms with Crippen molar-refractivity contribution in [1.29, 1.82) is 0 Å². The van der Waals surface area contributed by atoms with Crippen molar-refractivity contribution in [3.63, 3.8) is 0 Å². The minimum Gasteiger partial charge on any atom is -0.367 e. The fourth-order valence-electron chi connectivity index (χ4n) is 3.33. The van der Waals surface area contributed by atoms with Crippen LogP contribution in [0.4, 0.5) is 5.82 Å². The van der Waals surface area contributed by atoms with Gasteiger partial charge in [0.05, 0.1) is 0 Å². The molecule has 0 amide bonds. The van der Waals surface area contributed by atoms with Crippen molar-refractivity contribution in [2.75, 3.05) is 11.9 Å². The molecule has 1 aliphatic rings. The molecule has 2 atom stereocenters. The molecule has 1 aromatic carbocycles. The van der Waals surface area contributed by atoms with Crippen LogP contribution in [0.3, 0.4) is 0 Å². The minimum absolute atomic E-state index is 0.452. The first-order valence-electron chi connectivity index (χ1n) is 8.77. The van der Waals surface area contributed by atoms with Crippen LogP contribution in [0.15, 0.2) is 48.7 Å². The number of benzene rings is 1. The van der Waals surface area contributed by atoms with Gasteiger partial charge in [0, 0.05) is 30.4 Å². The maximum atomic E-state index is 4.61. The Balaban J connectivity index is 1.80. The molecule has 0 radical (unpaired) electrons. The number of hydrogen-bond acceptors (Lipinski definition) is 3. The van der Waals surface area contributed by atoms with Gasteiger partial charge in [-0.15, -0.1) is 0 Å². The second kappa shape index (κ2) is 7.60. The van der Waals surface area contributed by atoms with Crippen molar-refractivity contribution in [3.05, 3.63) is 59.8 Å². The zero-order valence-electron chi connectivity index (χ0n) is 14.2. The fraction of sp³-hybridized carbons (Fsp3) is 0.450. The average molecular weight is 309 g/mol. The highest BCUT2D eigenvalue weighted by Gasteiger charge is 2.28. The summed E-state index contributed by atoms with van der Waals surface area (Å²) < 4.78 is 0. The summed E-state index contributed by atoms with van der Waals surface area (Å²) in [4.78, 5) is 7.21. The van der Waals surface area contributed by atoms with Crippen molar-refractivity contribution >= 4 is 5.82 Å². The number of rotatable bonds is 6. The van der Waals surface area contributed by atoms with E-state index < -0.39 is 0 Å². The standard InChI is InChI=1S/C20H27N3/c1-3-16(2)22-20-18(11-7-13-21-20)19-12-8-14-23(19)15-17-9-5-4-6-10-17/h4-7,9-11,13,16,19H,3,8,12,14-15H2,1-2H3,(H,21,22)/t16-,19+/m1/s1. The summed E-state index contributed by atoms with van der Waals surface area (Å²) in [5.41, 5.74) is 2.74. The van der Waals surface area contributed by atoms with Crippen molar-refractivity contribution in [2.24, 2.45) is 0 Å². The second-order valence-corrected chi connectivity index (χ2v) is 6.51. The minimum atomic E-state index is 0.452. The third-order valence-corrected chi connectivity index (χ3v) is 4.79. The normalized spacial score (nSPS) is 19.7. The first kappa shape index (κ1) is 16.0. The van der Waals surface area contributed by atoms with Gasteiger partial charge in [-0.05, 0) is 44.4 Å². The number of pyridine rings is 1. The van der Waals surface area contributed by atoms with Gasteiger partial charge < -0.3 is 5.32 Å². The lowest BCUT2D eigenvalue weighted by Gasteiger charge is -2.27. The molecule has 1 N–H and O–H groups in total. The maximum Gasteiger partial charge on any atom is 0.130 e. The van der Waals surface area contributed by atoms with E-state index in [1.54, 1.807) is 0 Å². The van der Waals surface area contributed by atoms with Gasteiger partial charge in [0.1, 0.15) is 5.82 Å². The summed E-state index contributed by atoms with van der Waals surface area (Å²) in [6, 6.07) is 16.0.